The highest BCUT2D eigenvalue weighted by Crippen LogP contribution is 2.51. The quantitative estimate of drug-likeness (QED) is 0.641. The predicted octanol–water partition coefficient (Wildman–Crippen LogP) is 2.41. The lowest BCUT2D eigenvalue weighted by molar-refractivity contribution is -0.136. The van der Waals surface area contributed by atoms with Crippen LogP contribution in [0.15, 0.2) is 11.6 Å². The van der Waals surface area contributed by atoms with E-state index in [1.165, 1.54) is 6.08 Å². The molecule has 0 radical (unpaired) electrons. The normalized spacial score (nSPS) is 47.5. The summed E-state index contributed by atoms with van der Waals surface area (Å²) in [4.78, 5) is 39.9. The molecule has 5 rings (SSSR count). The zero-order valence-electron chi connectivity index (χ0n) is 16.4. The second kappa shape index (κ2) is 5.99. The van der Waals surface area contributed by atoms with Gasteiger partial charge in [0.15, 0.2) is 11.6 Å². The second-order valence-corrected chi connectivity index (χ2v) is 9.90. The van der Waals surface area contributed by atoms with Crippen molar-refractivity contribution in [3.8, 4) is 0 Å². The van der Waals surface area contributed by atoms with Crippen molar-refractivity contribution in [3.63, 3.8) is 0 Å². The molecule has 4 saturated heterocycles. The summed E-state index contributed by atoms with van der Waals surface area (Å²) >= 11 is 0. The smallest absolute Gasteiger partial charge is 0.333 e. The number of carboxylic acid groups (broad SMARTS) is 1. The van der Waals surface area contributed by atoms with Gasteiger partial charge in [0.05, 0.1) is 27.7 Å². The highest BCUT2D eigenvalue weighted by molar-refractivity contribution is 6.07. The number of rotatable bonds is 1. The van der Waals surface area contributed by atoms with E-state index < -0.39 is 28.1 Å². The average Bonchev–Trinajstić information content (AvgIpc) is 3.16. The predicted molar refractivity (Wildman–Crippen MR) is 103 cm³/mol. The largest absolute Gasteiger partial charge is 0.478 e. The minimum absolute atomic E-state index is 0.138. The van der Waals surface area contributed by atoms with Gasteiger partial charge in [-0.05, 0) is 57.4 Å². The summed E-state index contributed by atoms with van der Waals surface area (Å²) in [6.07, 6.45) is 11.7. The SMILES string of the molecule is O=C(O)/C1=C/C(=O)C23CCCCCC(CC2)(N3)C(=O)C23CCCCC1(CC2)N3. The number of ketones is 2. The first-order valence-corrected chi connectivity index (χ1v) is 11.0. The fourth-order valence-corrected chi connectivity index (χ4v) is 7.00. The first kappa shape index (κ1) is 18.5. The molecule has 0 aromatic carbocycles. The zero-order chi connectivity index (χ0) is 19.6. The molecule has 5 heterocycles. The van der Waals surface area contributed by atoms with Crippen LogP contribution >= 0.6 is 0 Å². The molecule has 0 aromatic rings. The number of nitrogens with one attached hydrogen (secondary N) is 2. The van der Waals surface area contributed by atoms with Gasteiger partial charge in [-0.2, -0.15) is 0 Å². The van der Waals surface area contributed by atoms with Gasteiger partial charge in [-0.25, -0.2) is 4.79 Å². The molecule has 152 valence electrons. The van der Waals surface area contributed by atoms with Crippen LogP contribution in [0.25, 0.3) is 0 Å². The van der Waals surface area contributed by atoms with Crippen LogP contribution in [-0.2, 0) is 14.4 Å². The van der Waals surface area contributed by atoms with Crippen LogP contribution in [0.3, 0.4) is 0 Å². The molecule has 3 N–H and O–H groups in total. The molecule has 6 nitrogen and oxygen atoms in total. The molecule has 4 bridgehead atoms. The van der Waals surface area contributed by atoms with Gasteiger partial charge < -0.3 is 5.11 Å². The molecular formula is C22H30N2O4. The Morgan fingerprint density at radius 3 is 1.82 bits per heavy atom. The Balaban J connectivity index is 1.74. The lowest BCUT2D eigenvalue weighted by Gasteiger charge is -2.43. The number of carbonyl (C=O) groups is 3. The fraction of sp³-hybridized carbons (Fsp3) is 0.773. The summed E-state index contributed by atoms with van der Waals surface area (Å²) in [5.41, 5.74) is -2.65. The first-order valence-electron chi connectivity index (χ1n) is 11.0. The van der Waals surface area contributed by atoms with Gasteiger partial charge in [-0.3, -0.25) is 20.2 Å². The van der Waals surface area contributed by atoms with Gasteiger partial charge in [-0.15, -0.1) is 0 Å². The van der Waals surface area contributed by atoms with Crippen molar-refractivity contribution in [1.29, 1.82) is 0 Å². The number of hydrogen-bond acceptors (Lipinski definition) is 5. The van der Waals surface area contributed by atoms with Crippen molar-refractivity contribution in [1.82, 2.24) is 10.6 Å². The number of Topliss-reactive ketones (excluding diaryl/α,β-unsaturated/α-hetero) is 1. The lowest BCUT2D eigenvalue weighted by atomic mass is 9.73. The van der Waals surface area contributed by atoms with Crippen molar-refractivity contribution in [2.24, 2.45) is 0 Å². The van der Waals surface area contributed by atoms with Crippen molar-refractivity contribution < 1.29 is 19.5 Å². The molecular weight excluding hydrogens is 356 g/mol. The Hall–Kier alpha value is -1.53. The van der Waals surface area contributed by atoms with Gasteiger partial charge in [0, 0.05) is 0 Å². The van der Waals surface area contributed by atoms with E-state index in [1.807, 2.05) is 0 Å². The van der Waals surface area contributed by atoms with E-state index >= 15 is 0 Å². The van der Waals surface area contributed by atoms with E-state index in [0.717, 1.165) is 44.9 Å². The number of carboxylic acids is 1. The van der Waals surface area contributed by atoms with E-state index in [-0.39, 0.29) is 17.1 Å². The van der Waals surface area contributed by atoms with Crippen LogP contribution in [0.1, 0.15) is 83.5 Å². The third-order valence-corrected chi connectivity index (χ3v) is 8.44. The van der Waals surface area contributed by atoms with Gasteiger partial charge in [-0.1, -0.05) is 32.1 Å². The van der Waals surface area contributed by atoms with Crippen LogP contribution in [0, 0.1) is 0 Å². The van der Waals surface area contributed by atoms with E-state index in [9.17, 15) is 19.5 Å². The molecule has 0 amide bonds. The second-order valence-electron chi connectivity index (χ2n) is 9.90. The molecule has 28 heavy (non-hydrogen) atoms. The van der Waals surface area contributed by atoms with Crippen LogP contribution in [0.5, 0.6) is 0 Å². The molecule has 5 aliphatic rings. The number of aliphatic carboxylic acids is 1. The van der Waals surface area contributed by atoms with Crippen molar-refractivity contribution >= 4 is 17.5 Å². The molecule has 4 atom stereocenters. The molecule has 5 aliphatic heterocycles. The highest BCUT2D eigenvalue weighted by atomic mass is 16.4. The molecule has 4 unspecified atom stereocenters. The summed E-state index contributed by atoms with van der Waals surface area (Å²) in [5.74, 6) is -0.966. The maximum absolute atomic E-state index is 14.1. The van der Waals surface area contributed by atoms with Gasteiger partial charge >= 0.3 is 5.97 Å². The summed E-state index contributed by atoms with van der Waals surface area (Å²) in [6.45, 7) is 0. The molecule has 6 heteroatoms. The Morgan fingerprint density at radius 1 is 0.714 bits per heavy atom. The van der Waals surface area contributed by atoms with Crippen LogP contribution in [-0.4, -0.2) is 44.8 Å². The number of carbonyl (C=O) groups excluding carboxylic acids is 2. The molecule has 0 aliphatic carbocycles. The summed E-state index contributed by atoms with van der Waals surface area (Å²) < 4.78 is 0. The van der Waals surface area contributed by atoms with Gasteiger partial charge in [0.1, 0.15) is 0 Å². The van der Waals surface area contributed by atoms with E-state index in [0.29, 0.717) is 38.5 Å². The van der Waals surface area contributed by atoms with E-state index in [1.54, 1.807) is 0 Å². The third-order valence-electron chi connectivity index (χ3n) is 8.44. The monoisotopic (exact) mass is 386 g/mol. The maximum Gasteiger partial charge on any atom is 0.333 e. The number of hydrogen-bond donors (Lipinski definition) is 3. The summed E-state index contributed by atoms with van der Waals surface area (Å²) in [5, 5.41) is 17.2. The topological polar surface area (TPSA) is 95.5 Å². The molecule has 0 saturated carbocycles. The maximum atomic E-state index is 14.1. The zero-order valence-corrected chi connectivity index (χ0v) is 16.4. The van der Waals surface area contributed by atoms with Crippen LogP contribution < -0.4 is 10.6 Å². The molecule has 4 fully saturated rings. The first-order chi connectivity index (χ1) is 13.4. The summed E-state index contributed by atoms with van der Waals surface area (Å²) in [6, 6.07) is 0. The van der Waals surface area contributed by atoms with Crippen molar-refractivity contribution in [3.05, 3.63) is 11.6 Å². The highest BCUT2D eigenvalue weighted by Gasteiger charge is 2.64. The molecule has 0 spiro atoms. The van der Waals surface area contributed by atoms with Crippen molar-refractivity contribution in [2.75, 3.05) is 0 Å². The van der Waals surface area contributed by atoms with Gasteiger partial charge in [0.25, 0.3) is 0 Å². The van der Waals surface area contributed by atoms with Crippen LogP contribution in [0.2, 0.25) is 0 Å². The Morgan fingerprint density at radius 2 is 1.18 bits per heavy atom. The minimum atomic E-state index is -1.03. The fourth-order valence-electron chi connectivity index (χ4n) is 7.00. The van der Waals surface area contributed by atoms with Gasteiger partial charge in [0.2, 0.25) is 0 Å². The molecule has 0 aromatic heterocycles. The lowest BCUT2D eigenvalue weighted by Crippen LogP contribution is -2.67. The average molecular weight is 386 g/mol. The summed E-state index contributed by atoms with van der Waals surface area (Å²) in [7, 11) is 0. The Bertz CT molecular complexity index is 791. The minimum Gasteiger partial charge on any atom is -0.478 e. The third kappa shape index (κ3) is 2.37. The van der Waals surface area contributed by atoms with Crippen molar-refractivity contribution in [2.45, 2.75) is 106 Å². The Labute approximate surface area is 165 Å². The van der Waals surface area contributed by atoms with Crippen LogP contribution in [0.4, 0.5) is 0 Å². The van der Waals surface area contributed by atoms with E-state index in [4.69, 9.17) is 0 Å². The Kier molecular flexibility index (Phi) is 3.95. The van der Waals surface area contributed by atoms with E-state index in [2.05, 4.69) is 10.6 Å². The standard InChI is InChI=1S/C22H30N2O4/c25-16-14-15(17(26)27)19-6-4-5-9-21(23-19,12-10-19)18(28)22-8-3-1-2-7-20(16,24-22)11-13-22/h14,23-24H,1-13H2,(H,26,27)/b15-14-.